The first-order valence-electron chi connectivity index (χ1n) is 5.01. The zero-order valence-electron chi connectivity index (χ0n) is 9.24. The molecule has 0 unspecified atom stereocenters. The van der Waals surface area contributed by atoms with Crippen molar-refractivity contribution in [2.45, 2.75) is 13.5 Å². The molecule has 2 heterocycles. The Hall–Kier alpha value is -1.91. The van der Waals surface area contributed by atoms with Gasteiger partial charge in [-0.15, -0.1) is 0 Å². The van der Waals surface area contributed by atoms with Gasteiger partial charge in [-0.3, -0.25) is 4.68 Å². The van der Waals surface area contributed by atoms with E-state index >= 15 is 0 Å². The van der Waals surface area contributed by atoms with Gasteiger partial charge in [0.15, 0.2) is 0 Å². The van der Waals surface area contributed by atoms with E-state index in [1.165, 1.54) is 6.07 Å². The number of anilines is 1. The average Bonchev–Trinajstić information content (AvgIpc) is 2.57. The van der Waals surface area contributed by atoms with Gasteiger partial charge in [-0.2, -0.15) is 9.49 Å². The van der Waals surface area contributed by atoms with Gasteiger partial charge in [0.1, 0.15) is 5.82 Å². The summed E-state index contributed by atoms with van der Waals surface area (Å²) >= 11 is 0. The topological polar surface area (TPSA) is 42.7 Å². The van der Waals surface area contributed by atoms with Crippen molar-refractivity contribution in [3.63, 3.8) is 0 Å². The third-order valence-electron chi connectivity index (χ3n) is 2.51. The Morgan fingerprint density at radius 2 is 2.25 bits per heavy atom. The molecule has 2 aromatic rings. The number of hydrogen-bond acceptors (Lipinski definition) is 3. The molecular weight excluding hydrogens is 207 g/mol. The monoisotopic (exact) mass is 220 g/mol. The molecule has 0 fully saturated rings. The molecule has 0 aliphatic heterocycles. The molecule has 0 saturated carbocycles. The smallest absolute Gasteiger partial charge is 0.214 e. The average molecular weight is 220 g/mol. The Bertz CT molecular complexity index is 492. The molecular formula is C11H13FN4. The molecule has 2 aromatic heterocycles. The number of hydrogen-bond donors (Lipinski definition) is 1. The highest BCUT2D eigenvalue weighted by Crippen LogP contribution is 2.09. The van der Waals surface area contributed by atoms with E-state index in [0.29, 0.717) is 12.4 Å². The van der Waals surface area contributed by atoms with Gasteiger partial charge in [0.25, 0.3) is 0 Å². The van der Waals surface area contributed by atoms with Gasteiger partial charge in [0, 0.05) is 24.8 Å². The molecule has 16 heavy (non-hydrogen) atoms. The molecule has 0 aliphatic carbocycles. The fraction of sp³-hybridized carbons (Fsp3) is 0.273. The van der Waals surface area contributed by atoms with Crippen molar-refractivity contribution in [3.8, 4) is 0 Å². The van der Waals surface area contributed by atoms with E-state index in [9.17, 15) is 4.39 Å². The van der Waals surface area contributed by atoms with Crippen LogP contribution in [0.25, 0.3) is 0 Å². The quantitative estimate of drug-likeness (QED) is 0.803. The summed E-state index contributed by atoms with van der Waals surface area (Å²) in [5, 5.41) is 7.18. The lowest BCUT2D eigenvalue weighted by Gasteiger charge is -2.04. The number of aryl methyl sites for hydroxylation is 1. The maximum absolute atomic E-state index is 12.8. The first-order chi connectivity index (χ1) is 7.66. The van der Waals surface area contributed by atoms with Crippen LogP contribution in [0.15, 0.2) is 24.4 Å². The molecule has 0 atom stereocenters. The number of aromatic nitrogens is 3. The van der Waals surface area contributed by atoms with Gasteiger partial charge in [-0.05, 0) is 19.1 Å². The van der Waals surface area contributed by atoms with Crippen LogP contribution in [0.4, 0.5) is 10.2 Å². The standard InChI is InChI=1S/C11H13FN4/c1-8-9(7-14-16(8)2)6-13-11-5-3-4-10(12)15-11/h3-5,7H,6H2,1-2H3,(H,13,15). The second-order valence-corrected chi connectivity index (χ2v) is 3.58. The highest BCUT2D eigenvalue weighted by molar-refractivity contribution is 5.35. The molecule has 2 rings (SSSR count). The zero-order valence-corrected chi connectivity index (χ0v) is 9.24. The summed E-state index contributed by atoms with van der Waals surface area (Å²) in [4.78, 5) is 3.72. The van der Waals surface area contributed by atoms with Crippen molar-refractivity contribution in [2.24, 2.45) is 7.05 Å². The zero-order chi connectivity index (χ0) is 11.5. The molecule has 0 bridgehead atoms. The maximum atomic E-state index is 12.8. The molecule has 84 valence electrons. The van der Waals surface area contributed by atoms with Crippen LogP contribution in [0.5, 0.6) is 0 Å². The minimum Gasteiger partial charge on any atom is -0.366 e. The van der Waals surface area contributed by atoms with Gasteiger partial charge < -0.3 is 5.32 Å². The molecule has 0 aromatic carbocycles. The normalized spacial score (nSPS) is 10.4. The van der Waals surface area contributed by atoms with Crippen molar-refractivity contribution in [3.05, 3.63) is 41.6 Å². The molecule has 0 saturated heterocycles. The first-order valence-corrected chi connectivity index (χ1v) is 5.01. The highest BCUT2D eigenvalue weighted by Gasteiger charge is 2.03. The fourth-order valence-electron chi connectivity index (χ4n) is 1.41. The van der Waals surface area contributed by atoms with E-state index < -0.39 is 5.95 Å². The summed E-state index contributed by atoms with van der Waals surface area (Å²) in [5.74, 6) is 0.0520. The molecule has 5 heteroatoms. The van der Waals surface area contributed by atoms with E-state index in [-0.39, 0.29) is 0 Å². The van der Waals surface area contributed by atoms with Gasteiger partial charge in [-0.25, -0.2) is 4.98 Å². The van der Waals surface area contributed by atoms with Crippen LogP contribution < -0.4 is 5.32 Å². The highest BCUT2D eigenvalue weighted by atomic mass is 19.1. The number of rotatable bonds is 3. The van der Waals surface area contributed by atoms with E-state index in [1.54, 1.807) is 23.0 Å². The van der Waals surface area contributed by atoms with Crippen molar-refractivity contribution in [2.75, 3.05) is 5.32 Å². The molecule has 0 spiro atoms. The summed E-state index contributed by atoms with van der Waals surface area (Å²) in [5.41, 5.74) is 2.16. The summed E-state index contributed by atoms with van der Waals surface area (Å²) in [6, 6.07) is 4.68. The van der Waals surface area contributed by atoms with E-state index in [1.807, 2.05) is 14.0 Å². The molecule has 0 amide bonds. The SMILES string of the molecule is Cc1c(CNc2cccc(F)n2)cnn1C. The lowest BCUT2D eigenvalue weighted by atomic mass is 10.2. The third-order valence-corrected chi connectivity index (χ3v) is 2.51. The largest absolute Gasteiger partial charge is 0.366 e. The Kier molecular flexibility index (Phi) is 2.85. The number of nitrogens with zero attached hydrogens (tertiary/aromatic N) is 3. The van der Waals surface area contributed by atoms with E-state index in [2.05, 4.69) is 15.4 Å². The van der Waals surface area contributed by atoms with Crippen LogP contribution in [0, 0.1) is 12.9 Å². The van der Waals surface area contributed by atoms with Crippen LogP contribution >= 0.6 is 0 Å². The Balaban J connectivity index is 2.05. The second kappa shape index (κ2) is 4.30. The summed E-state index contributed by atoms with van der Waals surface area (Å²) < 4.78 is 14.6. The van der Waals surface area contributed by atoms with Gasteiger partial charge in [0.05, 0.1) is 6.20 Å². The molecule has 4 nitrogen and oxygen atoms in total. The first kappa shape index (κ1) is 10.6. The summed E-state index contributed by atoms with van der Waals surface area (Å²) in [6.07, 6.45) is 1.79. The van der Waals surface area contributed by atoms with Gasteiger partial charge in [-0.1, -0.05) is 6.07 Å². The minimum atomic E-state index is -0.479. The van der Waals surface area contributed by atoms with Crippen LogP contribution in [-0.2, 0) is 13.6 Å². The Morgan fingerprint density at radius 3 is 2.88 bits per heavy atom. The number of pyridine rings is 1. The molecule has 0 aliphatic rings. The van der Waals surface area contributed by atoms with Crippen molar-refractivity contribution in [1.82, 2.24) is 14.8 Å². The second-order valence-electron chi connectivity index (χ2n) is 3.58. The summed E-state index contributed by atoms with van der Waals surface area (Å²) in [7, 11) is 1.89. The predicted octanol–water partition coefficient (Wildman–Crippen LogP) is 1.87. The Labute approximate surface area is 93.1 Å². The van der Waals surface area contributed by atoms with Crippen LogP contribution in [0.3, 0.4) is 0 Å². The van der Waals surface area contributed by atoms with Crippen LogP contribution in [-0.4, -0.2) is 14.8 Å². The van der Waals surface area contributed by atoms with Crippen LogP contribution in [0.2, 0.25) is 0 Å². The fourth-order valence-corrected chi connectivity index (χ4v) is 1.41. The summed E-state index contributed by atoms with van der Waals surface area (Å²) in [6.45, 7) is 2.58. The number of nitrogens with one attached hydrogen (secondary N) is 1. The number of halogens is 1. The Morgan fingerprint density at radius 1 is 1.44 bits per heavy atom. The van der Waals surface area contributed by atoms with E-state index in [0.717, 1.165) is 11.3 Å². The van der Waals surface area contributed by atoms with Crippen molar-refractivity contribution in [1.29, 1.82) is 0 Å². The van der Waals surface area contributed by atoms with Gasteiger partial charge in [0.2, 0.25) is 5.95 Å². The maximum Gasteiger partial charge on any atom is 0.214 e. The minimum absolute atomic E-state index is 0.479. The van der Waals surface area contributed by atoms with E-state index in [4.69, 9.17) is 0 Å². The lowest BCUT2D eigenvalue weighted by Crippen LogP contribution is -2.03. The predicted molar refractivity (Wildman–Crippen MR) is 59.5 cm³/mol. The third kappa shape index (κ3) is 2.18. The molecule has 1 N–H and O–H groups in total. The van der Waals surface area contributed by atoms with Crippen LogP contribution in [0.1, 0.15) is 11.3 Å². The van der Waals surface area contributed by atoms with Crippen molar-refractivity contribution < 1.29 is 4.39 Å². The van der Waals surface area contributed by atoms with Crippen molar-refractivity contribution >= 4 is 5.82 Å². The van der Waals surface area contributed by atoms with Gasteiger partial charge >= 0.3 is 0 Å². The molecule has 0 radical (unpaired) electrons. The lowest BCUT2D eigenvalue weighted by molar-refractivity contribution is 0.585.